The number of rotatable bonds is 11. The first-order valence-electron chi connectivity index (χ1n) is 15.1. The predicted molar refractivity (Wildman–Crippen MR) is 177 cm³/mol. The molecule has 0 radical (unpaired) electrons. The van der Waals surface area contributed by atoms with Crippen molar-refractivity contribution >= 4 is 45.8 Å². The van der Waals surface area contributed by atoms with E-state index in [1.165, 1.54) is 69.5 Å². The van der Waals surface area contributed by atoms with Gasteiger partial charge in [0.15, 0.2) is 24.8 Å². The number of hydrogen-bond acceptors (Lipinski definition) is 0. The molecule has 0 saturated carbocycles. The molecule has 0 N–H and O–H groups in total. The Hall–Kier alpha value is -4.82. The molecule has 0 bridgehead atoms. The number of unbranched alkanes of at least 4 members (excludes halogenated alkanes) is 3. The molecule has 206 valence electrons. The highest BCUT2D eigenvalue weighted by Gasteiger charge is 2.03. The van der Waals surface area contributed by atoms with Gasteiger partial charge in [0.2, 0.25) is 0 Å². The van der Waals surface area contributed by atoms with Crippen LogP contribution >= 0.6 is 0 Å². The van der Waals surface area contributed by atoms with Gasteiger partial charge in [-0.2, -0.15) is 0 Å². The Labute approximate surface area is 249 Å². The molecule has 0 aliphatic heterocycles. The summed E-state index contributed by atoms with van der Waals surface area (Å²) in [5.74, 6) is 0. The van der Waals surface area contributed by atoms with Crippen LogP contribution in [0.2, 0.25) is 0 Å². The molecule has 0 aliphatic rings. The molecule has 2 aromatic heterocycles. The Morgan fingerprint density at radius 2 is 0.738 bits per heavy atom. The zero-order chi connectivity index (χ0) is 28.4. The van der Waals surface area contributed by atoms with Crippen LogP contribution in [0.25, 0.3) is 45.8 Å². The summed E-state index contributed by atoms with van der Waals surface area (Å²) in [7, 11) is 0. The Morgan fingerprint density at radius 1 is 0.357 bits per heavy atom. The summed E-state index contributed by atoms with van der Waals surface area (Å²) in [6, 6.07) is 39.1. The van der Waals surface area contributed by atoms with Gasteiger partial charge in [-0.1, -0.05) is 97.1 Å². The summed E-state index contributed by atoms with van der Waals surface area (Å²) in [6.07, 6.45) is 22.5. The van der Waals surface area contributed by atoms with Crippen LogP contribution in [-0.2, 0) is 13.1 Å². The van der Waals surface area contributed by atoms with E-state index in [4.69, 9.17) is 0 Å². The molecular weight excluding hydrogens is 508 g/mol. The van der Waals surface area contributed by atoms with Crippen LogP contribution in [-0.4, -0.2) is 0 Å². The number of fused-ring (bicyclic) bond motifs is 2. The van der Waals surface area contributed by atoms with Crippen molar-refractivity contribution in [2.75, 3.05) is 0 Å². The van der Waals surface area contributed by atoms with Gasteiger partial charge in [-0.3, -0.25) is 0 Å². The second kappa shape index (κ2) is 13.7. The third kappa shape index (κ3) is 7.47. The van der Waals surface area contributed by atoms with Crippen LogP contribution in [0, 0.1) is 0 Å². The van der Waals surface area contributed by atoms with Crippen molar-refractivity contribution in [2.45, 2.75) is 38.8 Å². The van der Waals surface area contributed by atoms with Crippen molar-refractivity contribution in [1.29, 1.82) is 0 Å². The molecule has 6 rings (SSSR count). The third-order valence-corrected chi connectivity index (χ3v) is 7.90. The molecule has 2 heteroatoms. The van der Waals surface area contributed by atoms with Gasteiger partial charge in [0.05, 0.1) is 0 Å². The lowest BCUT2D eigenvalue weighted by molar-refractivity contribution is -0.698. The van der Waals surface area contributed by atoms with Crippen LogP contribution in [0.4, 0.5) is 0 Å². The van der Waals surface area contributed by atoms with Crippen molar-refractivity contribution in [2.24, 2.45) is 0 Å². The molecule has 0 fully saturated rings. The van der Waals surface area contributed by atoms with Crippen molar-refractivity contribution in [3.05, 3.63) is 156 Å². The van der Waals surface area contributed by atoms with E-state index < -0.39 is 0 Å². The second-order valence-corrected chi connectivity index (χ2v) is 11.0. The summed E-state index contributed by atoms with van der Waals surface area (Å²) in [5.41, 5.74) is 4.92. The minimum Gasteiger partial charge on any atom is -0.205 e. The molecule has 4 aromatic carbocycles. The Morgan fingerprint density at radius 3 is 1.17 bits per heavy atom. The van der Waals surface area contributed by atoms with Crippen LogP contribution < -0.4 is 9.13 Å². The van der Waals surface area contributed by atoms with E-state index in [-0.39, 0.29) is 0 Å². The number of pyridine rings is 2. The van der Waals surface area contributed by atoms with E-state index in [1.54, 1.807) is 0 Å². The van der Waals surface area contributed by atoms with E-state index in [9.17, 15) is 0 Å². The quantitative estimate of drug-likeness (QED) is 0.113. The second-order valence-electron chi connectivity index (χ2n) is 11.0. The average molecular weight is 547 g/mol. The molecule has 0 atom stereocenters. The predicted octanol–water partition coefficient (Wildman–Crippen LogP) is 9.17. The number of benzene rings is 4. The minimum absolute atomic E-state index is 1.07. The van der Waals surface area contributed by atoms with Gasteiger partial charge in [-0.25, -0.2) is 9.13 Å². The van der Waals surface area contributed by atoms with Crippen LogP contribution in [0.15, 0.2) is 134 Å². The molecule has 0 unspecified atom stereocenters. The van der Waals surface area contributed by atoms with E-state index in [0.29, 0.717) is 0 Å². The first-order chi connectivity index (χ1) is 20.8. The van der Waals surface area contributed by atoms with E-state index in [0.717, 1.165) is 13.1 Å². The highest BCUT2D eigenvalue weighted by Crippen LogP contribution is 2.18. The standard InChI is InChI=1S/C40H38N2/c1(7-25-41-27-21-33(22-28-41)13-15-35-17-19-37-9-3-5-11-39(37)31-35)2-8-26-42-29-23-34(24-30-42)14-16-36-18-20-38-10-4-6-12-40(38)32-36/h3-6,9-24,27-32H,1-2,7-8,25-26H2/q+2/b15-13+,16-14+. The summed E-state index contributed by atoms with van der Waals surface area (Å²) in [6.45, 7) is 2.14. The molecule has 6 aromatic rings. The molecule has 2 heterocycles. The van der Waals surface area contributed by atoms with Crippen molar-refractivity contribution in [3.8, 4) is 0 Å². The monoisotopic (exact) mass is 546 g/mol. The lowest BCUT2D eigenvalue weighted by Gasteiger charge is -2.01. The maximum atomic E-state index is 2.30. The number of aromatic nitrogens is 2. The Kier molecular flexibility index (Phi) is 8.92. The fraction of sp³-hybridized carbons (Fsp3) is 0.150. The lowest BCUT2D eigenvalue weighted by Crippen LogP contribution is -2.33. The molecule has 0 saturated heterocycles. The van der Waals surface area contributed by atoms with Gasteiger partial charge in [-0.05, 0) is 68.8 Å². The molecule has 42 heavy (non-hydrogen) atoms. The number of hydrogen-bond donors (Lipinski definition) is 0. The fourth-order valence-corrected chi connectivity index (χ4v) is 5.41. The van der Waals surface area contributed by atoms with Gasteiger partial charge in [0, 0.05) is 37.1 Å². The smallest absolute Gasteiger partial charge is 0.169 e. The van der Waals surface area contributed by atoms with Gasteiger partial charge < -0.3 is 0 Å². The fourth-order valence-electron chi connectivity index (χ4n) is 5.41. The van der Waals surface area contributed by atoms with Crippen molar-refractivity contribution in [1.82, 2.24) is 0 Å². The largest absolute Gasteiger partial charge is 0.205 e. The normalized spacial score (nSPS) is 11.7. The number of aryl methyl sites for hydroxylation is 2. The molecule has 0 aliphatic carbocycles. The van der Waals surface area contributed by atoms with E-state index in [1.807, 2.05) is 0 Å². The molecular formula is C40H38N2+2. The van der Waals surface area contributed by atoms with Crippen LogP contribution in [0.5, 0.6) is 0 Å². The average Bonchev–Trinajstić information content (AvgIpc) is 3.05. The zero-order valence-corrected chi connectivity index (χ0v) is 24.1. The van der Waals surface area contributed by atoms with Crippen LogP contribution in [0.1, 0.15) is 47.9 Å². The van der Waals surface area contributed by atoms with E-state index in [2.05, 4.69) is 167 Å². The Bertz CT molecular complexity index is 1680. The van der Waals surface area contributed by atoms with Crippen molar-refractivity contribution in [3.63, 3.8) is 0 Å². The lowest BCUT2D eigenvalue weighted by atomic mass is 10.1. The van der Waals surface area contributed by atoms with Gasteiger partial charge >= 0.3 is 0 Å². The summed E-state index contributed by atoms with van der Waals surface area (Å²) in [4.78, 5) is 0. The first-order valence-corrected chi connectivity index (χ1v) is 15.1. The number of nitrogens with zero attached hydrogens (tertiary/aromatic N) is 2. The summed E-state index contributed by atoms with van der Waals surface area (Å²) < 4.78 is 4.60. The van der Waals surface area contributed by atoms with Crippen LogP contribution in [0.3, 0.4) is 0 Å². The van der Waals surface area contributed by atoms with E-state index >= 15 is 0 Å². The molecule has 0 spiro atoms. The highest BCUT2D eigenvalue weighted by atomic mass is 14.9. The maximum absolute atomic E-state index is 2.30. The summed E-state index contributed by atoms with van der Waals surface area (Å²) in [5, 5.41) is 5.13. The van der Waals surface area contributed by atoms with Gasteiger partial charge in [0.1, 0.15) is 13.1 Å². The van der Waals surface area contributed by atoms with Gasteiger partial charge in [0.25, 0.3) is 0 Å². The van der Waals surface area contributed by atoms with Crippen molar-refractivity contribution < 1.29 is 9.13 Å². The topological polar surface area (TPSA) is 7.76 Å². The zero-order valence-electron chi connectivity index (χ0n) is 24.1. The summed E-state index contributed by atoms with van der Waals surface area (Å²) >= 11 is 0. The van der Waals surface area contributed by atoms with Gasteiger partial charge in [-0.15, -0.1) is 0 Å². The first kappa shape index (κ1) is 27.4. The maximum Gasteiger partial charge on any atom is 0.169 e. The molecule has 2 nitrogen and oxygen atoms in total. The Balaban J connectivity index is 0.897. The highest BCUT2D eigenvalue weighted by molar-refractivity contribution is 5.87. The SMILES string of the molecule is C(=C\c1ccc2ccccc2c1)/c1cc[n+](CCCCCC[n+]2ccc(/C=C/c3ccc4ccccc4c3)cc2)cc1. The third-order valence-electron chi connectivity index (χ3n) is 7.90. The minimum atomic E-state index is 1.07. The molecule has 0 amide bonds.